The Bertz CT molecular complexity index is 936. The summed E-state index contributed by atoms with van der Waals surface area (Å²) < 4.78 is 23.1. The predicted octanol–water partition coefficient (Wildman–Crippen LogP) is 4.27. The van der Waals surface area contributed by atoms with Gasteiger partial charge in [0.25, 0.3) is 5.91 Å². The molecule has 0 bridgehead atoms. The monoisotopic (exact) mass is 453 g/mol. The highest BCUT2D eigenvalue weighted by Gasteiger charge is 2.25. The van der Waals surface area contributed by atoms with E-state index in [4.69, 9.17) is 24.2 Å². The largest absolute Gasteiger partial charge is 0.490 e. The Morgan fingerprint density at radius 2 is 1.67 bits per heavy atom. The van der Waals surface area contributed by atoms with E-state index in [1.807, 2.05) is 26.8 Å². The van der Waals surface area contributed by atoms with Crippen LogP contribution in [0.15, 0.2) is 30.5 Å². The van der Waals surface area contributed by atoms with Crippen LogP contribution in [0.25, 0.3) is 0 Å². The summed E-state index contributed by atoms with van der Waals surface area (Å²) in [5.74, 6) is 1.87. The molecule has 1 saturated carbocycles. The van der Waals surface area contributed by atoms with E-state index in [1.165, 1.54) is 6.20 Å². The molecule has 2 aromatic rings. The summed E-state index contributed by atoms with van der Waals surface area (Å²) >= 11 is 0. The third kappa shape index (κ3) is 6.51. The molecule has 0 spiro atoms. The second-order valence-electron chi connectivity index (χ2n) is 7.66. The first-order chi connectivity index (χ1) is 16.1. The number of hydrogen-bond donors (Lipinski definition) is 1. The van der Waals surface area contributed by atoms with Gasteiger partial charge in [0, 0.05) is 23.9 Å². The zero-order valence-electron chi connectivity index (χ0n) is 19.4. The molecule has 8 heteroatoms. The molecule has 33 heavy (non-hydrogen) atoms. The minimum atomic E-state index is -0.168. The van der Waals surface area contributed by atoms with Crippen LogP contribution in [-0.4, -0.2) is 42.9 Å². The van der Waals surface area contributed by atoms with Crippen molar-refractivity contribution in [2.75, 3.05) is 19.8 Å². The van der Waals surface area contributed by atoms with Crippen LogP contribution >= 0.6 is 0 Å². The van der Waals surface area contributed by atoms with Crippen LogP contribution < -0.4 is 24.3 Å². The van der Waals surface area contributed by atoms with Crippen LogP contribution in [0.5, 0.6) is 23.1 Å². The van der Waals surface area contributed by atoms with Crippen molar-refractivity contribution in [3.05, 3.63) is 41.6 Å². The van der Waals surface area contributed by atoms with Gasteiger partial charge < -0.3 is 24.3 Å². The maximum Gasteiger partial charge on any atom is 0.251 e. The van der Waals surface area contributed by atoms with Gasteiger partial charge in [0.05, 0.1) is 25.4 Å². The third-order valence-corrected chi connectivity index (χ3v) is 5.33. The molecule has 1 fully saturated rings. The van der Waals surface area contributed by atoms with Crippen molar-refractivity contribution in [2.45, 2.75) is 58.6 Å². The van der Waals surface area contributed by atoms with Crippen molar-refractivity contribution in [3.63, 3.8) is 0 Å². The summed E-state index contributed by atoms with van der Waals surface area (Å²) in [6, 6.07) is 8.92. The van der Waals surface area contributed by atoms with Gasteiger partial charge in [-0.15, -0.1) is 0 Å². The summed E-state index contributed by atoms with van der Waals surface area (Å²) in [6.07, 6.45) is 4.78. The van der Waals surface area contributed by atoms with E-state index in [0.29, 0.717) is 54.1 Å². The van der Waals surface area contributed by atoms with E-state index in [0.717, 1.165) is 25.7 Å². The Balaban J connectivity index is 1.61. The van der Waals surface area contributed by atoms with Crippen LogP contribution in [-0.2, 0) is 0 Å². The fourth-order valence-electron chi connectivity index (χ4n) is 3.80. The van der Waals surface area contributed by atoms with Crippen LogP contribution in [0.4, 0.5) is 0 Å². The summed E-state index contributed by atoms with van der Waals surface area (Å²) in [5.41, 5.74) is 0.980. The van der Waals surface area contributed by atoms with Crippen LogP contribution in [0.2, 0.25) is 0 Å². The van der Waals surface area contributed by atoms with Gasteiger partial charge in [-0.25, -0.2) is 4.98 Å². The Kier molecular flexibility index (Phi) is 8.76. The number of nitrogens with zero attached hydrogens (tertiary/aromatic N) is 2. The van der Waals surface area contributed by atoms with Crippen molar-refractivity contribution < 1.29 is 23.7 Å². The highest BCUT2D eigenvalue weighted by Crippen LogP contribution is 2.39. The molecular weight excluding hydrogens is 422 g/mol. The number of nitriles is 1. The zero-order chi connectivity index (χ0) is 23.6. The van der Waals surface area contributed by atoms with Crippen LogP contribution in [0, 0.1) is 11.3 Å². The van der Waals surface area contributed by atoms with E-state index in [9.17, 15) is 4.79 Å². The third-order valence-electron chi connectivity index (χ3n) is 5.33. The molecule has 1 aliphatic carbocycles. The summed E-state index contributed by atoms with van der Waals surface area (Å²) in [4.78, 5) is 17.2. The number of rotatable bonds is 10. The molecule has 176 valence electrons. The van der Waals surface area contributed by atoms with Gasteiger partial charge in [0.1, 0.15) is 12.2 Å². The number of carbonyl (C=O) groups excluding carboxylic acids is 1. The quantitative estimate of drug-likeness (QED) is 0.573. The number of carbonyl (C=O) groups is 1. The van der Waals surface area contributed by atoms with Crippen molar-refractivity contribution >= 4 is 5.91 Å². The first kappa shape index (κ1) is 24.2. The molecule has 1 aromatic carbocycles. The molecule has 0 atom stereocenters. The standard InChI is InChI=1S/C25H31N3O5/c1-4-30-21-13-18(14-22(31-5-2)24(21)32-6-3)25(29)28-19-8-10-20(11-9-19)33-23-12-7-17(15-26)16-27-23/h7,12-14,16,19-20H,4-6,8-11H2,1-3H3,(H,28,29). The molecule has 0 saturated heterocycles. The highest BCUT2D eigenvalue weighted by molar-refractivity contribution is 5.95. The minimum absolute atomic E-state index is 0.0400. The van der Waals surface area contributed by atoms with Crippen molar-refractivity contribution in [1.82, 2.24) is 10.3 Å². The second-order valence-corrected chi connectivity index (χ2v) is 7.66. The molecule has 1 heterocycles. The maximum absolute atomic E-state index is 13.0. The molecule has 1 aliphatic rings. The van der Waals surface area contributed by atoms with E-state index in [2.05, 4.69) is 10.3 Å². The Morgan fingerprint density at radius 3 is 2.18 bits per heavy atom. The minimum Gasteiger partial charge on any atom is -0.490 e. The molecule has 1 N–H and O–H groups in total. The van der Waals surface area contributed by atoms with Crippen LogP contribution in [0.1, 0.15) is 62.4 Å². The second kappa shape index (κ2) is 12.0. The number of ether oxygens (including phenoxy) is 4. The van der Waals surface area contributed by atoms with Gasteiger partial charge in [0.15, 0.2) is 11.5 Å². The fourth-order valence-corrected chi connectivity index (χ4v) is 3.80. The number of nitrogens with one attached hydrogen (secondary N) is 1. The fraction of sp³-hybridized carbons (Fsp3) is 0.480. The summed E-state index contributed by atoms with van der Waals surface area (Å²) in [5, 5.41) is 12.0. The lowest BCUT2D eigenvalue weighted by molar-refractivity contribution is 0.0889. The van der Waals surface area contributed by atoms with E-state index in [-0.39, 0.29) is 18.1 Å². The molecule has 1 aromatic heterocycles. The first-order valence-electron chi connectivity index (χ1n) is 11.5. The molecule has 0 unspecified atom stereocenters. The lowest BCUT2D eigenvalue weighted by Crippen LogP contribution is -2.39. The number of amides is 1. The molecule has 8 nitrogen and oxygen atoms in total. The number of benzene rings is 1. The zero-order valence-corrected chi connectivity index (χ0v) is 19.4. The Hall–Kier alpha value is -3.47. The molecule has 1 amide bonds. The van der Waals surface area contributed by atoms with Gasteiger partial charge in [-0.05, 0) is 64.7 Å². The van der Waals surface area contributed by atoms with Crippen molar-refractivity contribution in [3.8, 4) is 29.2 Å². The molecular formula is C25H31N3O5. The van der Waals surface area contributed by atoms with E-state index < -0.39 is 0 Å². The number of hydrogen-bond acceptors (Lipinski definition) is 7. The lowest BCUT2D eigenvalue weighted by atomic mass is 9.92. The topological polar surface area (TPSA) is 103 Å². The molecule has 3 rings (SSSR count). The number of aromatic nitrogens is 1. The summed E-state index contributed by atoms with van der Waals surface area (Å²) in [6.45, 7) is 7.04. The highest BCUT2D eigenvalue weighted by atomic mass is 16.5. The SMILES string of the molecule is CCOc1cc(C(=O)NC2CCC(Oc3ccc(C#N)cn3)CC2)cc(OCC)c1OCC. The first-order valence-corrected chi connectivity index (χ1v) is 11.5. The van der Waals surface area contributed by atoms with Gasteiger partial charge in [-0.3, -0.25) is 4.79 Å². The van der Waals surface area contributed by atoms with E-state index >= 15 is 0 Å². The van der Waals surface area contributed by atoms with E-state index in [1.54, 1.807) is 24.3 Å². The van der Waals surface area contributed by atoms with Gasteiger partial charge in [-0.2, -0.15) is 5.26 Å². The lowest BCUT2D eigenvalue weighted by Gasteiger charge is -2.29. The normalized spacial score (nSPS) is 17.5. The van der Waals surface area contributed by atoms with Crippen LogP contribution in [0.3, 0.4) is 0 Å². The average Bonchev–Trinajstić information content (AvgIpc) is 2.83. The smallest absolute Gasteiger partial charge is 0.251 e. The van der Waals surface area contributed by atoms with Gasteiger partial charge >= 0.3 is 0 Å². The average molecular weight is 454 g/mol. The Morgan fingerprint density at radius 1 is 1.03 bits per heavy atom. The maximum atomic E-state index is 13.0. The molecule has 0 aliphatic heterocycles. The van der Waals surface area contributed by atoms with Gasteiger partial charge in [-0.1, -0.05) is 0 Å². The van der Waals surface area contributed by atoms with Crippen molar-refractivity contribution in [1.29, 1.82) is 5.26 Å². The molecule has 0 radical (unpaired) electrons. The van der Waals surface area contributed by atoms with Crippen molar-refractivity contribution in [2.24, 2.45) is 0 Å². The predicted molar refractivity (Wildman–Crippen MR) is 123 cm³/mol. The van der Waals surface area contributed by atoms with Gasteiger partial charge in [0.2, 0.25) is 11.6 Å². The summed E-state index contributed by atoms with van der Waals surface area (Å²) in [7, 11) is 0. The number of pyridine rings is 1. The Labute approximate surface area is 194 Å².